The van der Waals surface area contributed by atoms with Gasteiger partial charge in [-0.1, -0.05) is 12.1 Å². The van der Waals surface area contributed by atoms with Gasteiger partial charge in [0.05, 0.1) is 20.3 Å². The van der Waals surface area contributed by atoms with E-state index in [1.165, 1.54) is 6.07 Å². The van der Waals surface area contributed by atoms with Crippen molar-refractivity contribution in [3.8, 4) is 5.75 Å². The Kier molecular flexibility index (Phi) is 6.88. The number of benzene rings is 1. The average Bonchev–Trinajstić information content (AvgIpc) is 2.34. The summed E-state index contributed by atoms with van der Waals surface area (Å²) in [6.45, 7) is 6.89. The smallest absolute Gasteiger partial charge is 0.165 e. The number of aryl methyl sites for hydroxylation is 1. The molecule has 0 aromatic heterocycles. The third-order valence-electron chi connectivity index (χ3n) is 3.59. The van der Waals surface area contributed by atoms with Crippen LogP contribution in [0.4, 0.5) is 4.39 Å². The van der Waals surface area contributed by atoms with E-state index in [9.17, 15) is 4.39 Å². The van der Waals surface area contributed by atoms with Crippen LogP contribution in [0.15, 0.2) is 18.2 Å². The molecule has 103 valence electrons. The fourth-order valence-corrected chi connectivity index (χ4v) is 2.17. The van der Waals surface area contributed by atoms with Crippen LogP contribution in [-0.2, 0) is 37.4 Å². The molecule has 0 aliphatic carbocycles. The van der Waals surface area contributed by atoms with Crippen LogP contribution in [0.3, 0.4) is 0 Å². The van der Waals surface area contributed by atoms with Crippen molar-refractivity contribution in [2.24, 2.45) is 0 Å². The Labute approximate surface area is 139 Å². The van der Waals surface area contributed by atoms with Gasteiger partial charge in [0.1, 0.15) is 26.2 Å². The quantitative estimate of drug-likeness (QED) is 0.779. The second-order valence-electron chi connectivity index (χ2n) is 5.14. The van der Waals surface area contributed by atoms with Crippen LogP contribution in [0.1, 0.15) is 5.56 Å². The van der Waals surface area contributed by atoms with E-state index < -0.39 is 0 Å². The molecule has 0 atom stereocenters. The predicted molar refractivity (Wildman–Crippen MR) is 68.2 cm³/mol. The minimum Gasteiger partial charge on any atom is -0.484 e. The normalized spacial score (nSPS) is 17.6. The number of para-hydroxylation sites is 1. The standard InChI is InChI=1S/C14H21FNO2.Y/c1-12-4-3-5-13(15)14(12)18-11-8-16(2)6-9-17-10-7-16;/h3-5H,6-11H2,1-2H3;/q+1;. The Hall–Kier alpha value is -0.0261. The molecule has 0 bridgehead atoms. The summed E-state index contributed by atoms with van der Waals surface area (Å²) in [5, 5.41) is 0. The van der Waals surface area contributed by atoms with E-state index in [2.05, 4.69) is 7.05 Å². The minimum atomic E-state index is -0.278. The molecule has 1 aromatic carbocycles. The summed E-state index contributed by atoms with van der Waals surface area (Å²) in [5.41, 5.74) is 0.847. The van der Waals surface area contributed by atoms with Crippen molar-refractivity contribution in [3.63, 3.8) is 0 Å². The molecule has 1 radical (unpaired) electrons. The largest absolute Gasteiger partial charge is 0.484 e. The number of likely N-dealkylation sites (N-methyl/N-ethyl adjacent to an activating group) is 1. The first-order chi connectivity index (χ1) is 8.61. The molecule has 1 saturated heterocycles. The van der Waals surface area contributed by atoms with Crippen molar-refractivity contribution in [3.05, 3.63) is 29.6 Å². The predicted octanol–water partition coefficient (Wildman–Crippen LogP) is 1.99. The van der Waals surface area contributed by atoms with Crippen molar-refractivity contribution in [1.29, 1.82) is 0 Å². The SMILES string of the molecule is Cc1cccc(F)c1OCC[N+]1(C)CCOCC1.[Y]. The Bertz CT molecular complexity index is 388. The van der Waals surface area contributed by atoms with Crippen LogP contribution in [0.2, 0.25) is 0 Å². The summed E-state index contributed by atoms with van der Waals surface area (Å²) in [6, 6.07) is 5.00. The van der Waals surface area contributed by atoms with Crippen LogP contribution < -0.4 is 4.74 Å². The zero-order chi connectivity index (χ0) is 13.0. The Balaban J connectivity index is 0.00000180. The molecule has 0 unspecified atom stereocenters. The number of halogens is 1. The van der Waals surface area contributed by atoms with Gasteiger partial charge in [-0.2, -0.15) is 0 Å². The summed E-state index contributed by atoms with van der Waals surface area (Å²) in [7, 11) is 2.19. The fourth-order valence-electron chi connectivity index (χ4n) is 2.17. The molecule has 19 heavy (non-hydrogen) atoms. The number of rotatable bonds is 4. The second-order valence-corrected chi connectivity index (χ2v) is 5.14. The van der Waals surface area contributed by atoms with E-state index in [-0.39, 0.29) is 38.5 Å². The maximum Gasteiger partial charge on any atom is 0.165 e. The van der Waals surface area contributed by atoms with Crippen molar-refractivity contribution in [2.45, 2.75) is 6.92 Å². The molecule has 5 heteroatoms. The third kappa shape index (κ3) is 4.78. The van der Waals surface area contributed by atoms with Gasteiger partial charge >= 0.3 is 0 Å². The average molecular weight is 343 g/mol. The molecule has 1 aromatic rings. The van der Waals surface area contributed by atoms with Crippen molar-refractivity contribution < 1.29 is 51.1 Å². The van der Waals surface area contributed by atoms with Crippen LogP contribution in [0.25, 0.3) is 0 Å². The maximum atomic E-state index is 13.6. The van der Waals surface area contributed by atoms with Crippen LogP contribution in [-0.4, -0.2) is 51.0 Å². The van der Waals surface area contributed by atoms with E-state index in [1.807, 2.05) is 13.0 Å². The van der Waals surface area contributed by atoms with Gasteiger partial charge < -0.3 is 14.0 Å². The second kappa shape index (κ2) is 7.68. The van der Waals surface area contributed by atoms with Gasteiger partial charge in [-0.3, -0.25) is 0 Å². The molecule has 1 aliphatic heterocycles. The molecular weight excluding hydrogens is 322 g/mol. The number of morpholine rings is 1. The van der Waals surface area contributed by atoms with Crippen molar-refractivity contribution in [1.82, 2.24) is 0 Å². The van der Waals surface area contributed by atoms with Gasteiger partial charge in [0.25, 0.3) is 0 Å². The molecule has 0 N–H and O–H groups in total. The number of hydrogen-bond donors (Lipinski definition) is 0. The summed E-state index contributed by atoms with van der Waals surface area (Å²) in [6.07, 6.45) is 0. The van der Waals surface area contributed by atoms with Crippen molar-refractivity contribution >= 4 is 0 Å². The van der Waals surface area contributed by atoms with Crippen LogP contribution in [0.5, 0.6) is 5.75 Å². The van der Waals surface area contributed by atoms with Gasteiger partial charge in [-0.05, 0) is 18.6 Å². The Morgan fingerprint density at radius 1 is 1.32 bits per heavy atom. The molecule has 1 heterocycles. The van der Waals surface area contributed by atoms with Gasteiger partial charge in [0.15, 0.2) is 11.6 Å². The number of ether oxygens (including phenoxy) is 2. The van der Waals surface area contributed by atoms with E-state index in [0.717, 1.165) is 42.9 Å². The van der Waals surface area contributed by atoms with E-state index in [1.54, 1.807) is 6.07 Å². The molecule has 1 aliphatic rings. The number of quaternary nitrogens is 1. The summed E-state index contributed by atoms with van der Waals surface area (Å²) < 4.78 is 25.5. The summed E-state index contributed by atoms with van der Waals surface area (Å²) in [4.78, 5) is 0. The molecule has 0 spiro atoms. The van der Waals surface area contributed by atoms with Gasteiger partial charge in [0.2, 0.25) is 0 Å². The molecule has 2 rings (SSSR count). The molecular formula is C14H21FNO2Y+. The van der Waals surface area contributed by atoms with Crippen LogP contribution in [0, 0.1) is 12.7 Å². The summed E-state index contributed by atoms with van der Waals surface area (Å²) >= 11 is 0. The first-order valence-electron chi connectivity index (χ1n) is 6.40. The zero-order valence-corrected chi connectivity index (χ0v) is 14.5. The number of nitrogens with zero attached hydrogens (tertiary/aromatic N) is 1. The van der Waals surface area contributed by atoms with Gasteiger partial charge in [0, 0.05) is 32.7 Å². The third-order valence-corrected chi connectivity index (χ3v) is 3.59. The first kappa shape index (κ1) is 17.0. The van der Waals surface area contributed by atoms with Gasteiger partial charge in [-0.15, -0.1) is 0 Å². The Morgan fingerprint density at radius 2 is 2.00 bits per heavy atom. The van der Waals surface area contributed by atoms with E-state index in [4.69, 9.17) is 9.47 Å². The topological polar surface area (TPSA) is 18.5 Å². The first-order valence-corrected chi connectivity index (χ1v) is 6.40. The van der Waals surface area contributed by atoms with E-state index in [0.29, 0.717) is 12.4 Å². The van der Waals surface area contributed by atoms with Gasteiger partial charge in [-0.25, -0.2) is 4.39 Å². The zero-order valence-electron chi connectivity index (χ0n) is 11.7. The van der Waals surface area contributed by atoms with Crippen LogP contribution >= 0.6 is 0 Å². The van der Waals surface area contributed by atoms with Crippen molar-refractivity contribution in [2.75, 3.05) is 46.5 Å². The molecule has 1 fully saturated rings. The minimum absolute atomic E-state index is 0. The number of hydrogen-bond acceptors (Lipinski definition) is 2. The Morgan fingerprint density at radius 3 is 2.63 bits per heavy atom. The monoisotopic (exact) mass is 343 g/mol. The molecule has 0 amide bonds. The maximum absolute atomic E-state index is 13.6. The molecule has 3 nitrogen and oxygen atoms in total. The molecule has 0 saturated carbocycles. The van der Waals surface area contributed by atoms with E-state index >= 15 is 0 Å². The fraction of sp³-hybridized carbons (Fsp3) is 0.571. The summed E-state index contributed by atoms with van der Waals surface area (Å²) in [5.74, 6) is 0.108.